The Morgan fingerprint density at radius 1 is 1.45 bits per heavy atom. The minimum absolute atomic E-state index is 0.259. The monoisotopic (exact) mass is 282 g/mol. The van der Waals surface area contributed by atoms with Crippen molar-refractivity contribution in [1.29, 1.82) is 0 Å². The van der Waals surface area contributed by atoms with Crippen LogP contribution in [0.15, 0.2) is 18.2 Å². The predicted molar refractivity (Wildman–Crippen MR) is 74.0 cm³/mol. The molecule has 7 nitrogen and oxygen atoms in total. The molecule has 20 heavy (non-hydrogen) atoms. The Morgan fingerprint density at radius 3 is 2.60 bits per heavy atom. The van der Waals surface area contributed by atoms with Gasteiger partial charge in [-0.3, -0.25) is 10.1 Å². The number of nitrogens with one attached hydrogen (secondary N) is 1. The Hall–Kier alpha value is -2.15. The maximum Gasteiger partial charge on any atom is 0.342 e. The van der Waals surface area contributed by atoms with Crippen LogP contribution in [0, 0.1) is 16.0 Å². The van der Waals surface area contributed by atoms with E-state index in [1.54, 1.807) is 0 Å². The SMILES string of the molecule is CC(C)CC(O)CNc1ccc([N+](=O)[O-])c(C(=O)O)c1. The van der Waals surface area contributed by atoms with Gasteiger partial charge in [-0.25, -0.2) is 4.79 Å². The molecule has 1 aromatic rings. The average Bonchev–Trinajstić information content (AvgIpc) is 2.35. The van der Waals surface area contributed by atoms with Crippen molar-refractivity contribution in [2.75, 3.05) is 11.9 Å². The molecule has 0 radical (unpaired) electrons. The van der Waals surface area contributed by atoms with Gasteiger partial charge in [0.25, 0.3) is 5.69 Å². The van der Waals surface area contributed by atoms with Crippen molar-refractivity contribution in [2.24, 2.45) is 5.92 Å². The van der Waals surface area contributed by atoms with Crippen LogP contribution in [-0.2, 0) is 0 Å². The summed E-state index contributed by atoms with van der Waals surface area (Å²) >= 11 is 0. The highest BCUT2D eigenvalue weighted by atomic mass is 16.6. The smallest absolute Gasteiger partial charge is 0.342 e. The van der Waals surface area contributed by atoms with E-state index < -0.39 is 22.7 Å². The van der Waals surface area contributed by atoms with E-state index in [1.807, 2.05) is 13.8 Å². The van der Waals surface area contributed by atoms with E-state index in [1.165, 1.54) is 12.1 Å². The molecule has 1 aromatic carbocycles. The molecule has 3 N–H and O–H groups in total. The fraction of sp³-hybridized carbons (Fsp3) is 0.462. The van der Waals surface area contributed by atoms with Crippen LogP contribution in [0.5, 0.6) is 0 Å². The Labute approximate surface area is 116 Å². The first-order chi connectivity index (χ1) is 9.31. The fourth-order valence-electron chi connectivity index (χ4n) is 1.84. The first-order valence-electron chi connectivity index (χ1n) is 6.25. The number of carboxylic acid groups (broad SMARTS) is 1. The van der Waals surface area contributed by atoms with Gasteiger partial charge >= 0.3 is 5.97 Å². The molecule has 0 amide bonds. The molecule has 1 unspecified atom stereocenters. The molecule has 0 aliphatic rings. The lowest BCUT2D eigenvalue weighted by atomic mass is 10.1. The van der Waals surface area contributed by atoms with Gasteiger partial charge in [-0.1, -0.05) is 13.8 Å². The zero-order valence-corrected chi connectivity index (χ0v) is 11.4. The molecule has 0 saturated carbocycles. The Kier molecular flexibility index (Phi) is 5.45. The highest BCUT2D eigenvalue weighted by Gasteiger charge is 2.20. The van der Waals surface area contributed by atoms with E-state index in [-0.39, 0.29) is 12.1 Å². The molecule has 0 fully saturated rings. The molecular weight excluding hydrogens is 264 g/mol. The Bertz CT molecular complexity index is 502. The molecule has 1 rings (SSSR count). The van der Waals surface area contributed by atoms with Gasteiger partial charge in [0, 0.05) is 18.3 Å². The van der Waals surface area contributed by atoms with E-state index in [4.69, 9.17) is 5.11 Å². The number of hydrogen-bond donors (Lipinski definition) is 3. The summed E-state index contributed by atoms with van der Waals surface area (Å²) in [5, 5.41) is 32.3. The number of nitrogens with zero attached hydrogens (tertiary/aromatic N) is 1. The number of rotatable bonds is 7. The van der Waals surface area contributed by atoms with Gasteiger partial charge in [-0.2, -0.15) is 0 Å². The van der Waals surface area contributed by atoms with Crippen LogP contribution in [0.2, 0.25) is 0 Å². The largest absolute Gasteiger partial charge is 0.477 e. The van der Waals surface area contributed by atoms with Gasteiger partial charge in [0.1, 0.15) is 5.56 Å². The molecule has 0 spiro atoms. The van der Waals surface area contributed by atoms with E-state index in [0.717, 1.165) is 6.07 Å². The van der Waals surface area contributed by atoms with E-state index >= 15 is 0 Å². The Balaban J connectivity index is 2.80. The third kappa shape index (κ3) is 4.51. The van der Waals surface area contributed by atoms with Crippen molar-refractivity contribution in [3.8, 4) is 0 Å². The van der Waals surface area contributed by atoms with Gasteiger partial charge in [-0.05, 0) is 24.5 Å². The van der Waals surface area contributed by atoms with Crippen LogP contribution < -0.4 is 5.32 Å². The van der Waals surface area contributed by atoms with Crippen LogP contribution >= 0.6 is 0 Å². The summed E-state index contributed by atoms with van der Waals surface area (Å²) in [5.41, 5.74) is -0.403. The topological polar surface area (TPSA) is 113 Å². The summed E-state index contributed by atoms with van der Waals surface area (Å²) in [6.07, 6.45) is 0.0599. The second kappa shape index (κ2) is 6.85. The number of nitro benzene ring substituents is 1. The first-order valence-corrected chi connectivity index (χ1v) is 6.25. The zero-order valence-electron chi connectivity index (χ0n) is 11.4. The quantitative estimate of drug-likeness (QED) is 0.521. The molecule has 0 heterocycles. The summed E-state index contributed by atoms with van der Waals surface area (Å²) in [6.45, 7) is 4.23. The lowest BCUT2D eigenvalue weighted by Gasteiger charge is -2.14. The number of aromatic carboxylic acids is 1. The van der Waals surface area contributed by atoms with Crippen molar-refractivity contribution in [1.82, 2.24) is 0 Å². The molecule has 0 saturated heterocycles. The minimum atomic E-state index is -1.36. The van der Waals surface area contributed by atoms with Crippen molar-refractivity contribution in [2.45, 2.75) is 26.4 Å². The zero-order chi connectivity index (χ0) is 15.3. The Morgan fingerprint density at radius 2 is 2.10 bits per heavy atom. The molecule has 0 bridgehead atoms. The van der Waals surface area contributed by atoms with Gasteiger partial charge in [0.05, 0.1) is 11.0 Å². The van der Waals surface area contributed by atoms with Crippen molar-refractivity contribution in [3.05, 3.63) is 33.9 Å². The second-order valence-electron chi connectivity index (χ2n) is 4.96. The number of benzene rings is 1. The van der Waals surface area contributed by atoms with Gasteiger partial charge in [-0.15, -0.1) is 0 Å². The lowest BCUT2D eigenvalue weighted by molar-refractivity contribution is -0.385. The van der Waals surface area contributed by atoms with Gasteiger partial charge in [0.2, 0.25) is 0 Å². The standard InChI is InChI=1S/C13H18N2O5/c1-8(2)5-10(16)7-14-9-3-4-12(15(19)20)11(6-9)13(17)18/h3-4,6,8,10,14,16H,5,7H2,1-2H3,(H,17,18). The highest BCUT2D eigenvalue weighted by Crippen LogP contribution is 2.22. The summed E-state index contributed by atoms with van der Waals surface area (Å²) < 4.78 is 0. The van der Waals surface area contributed by atoms with E-state index in [2.05, 4.69) is 5.32 Å². The number of nitro groups is 1. The van der Waals surface area contributed by atoms with Crippen LogP contribution in [0.3, 0.4) is 0 Å². The van der Waals surface area contributed by atoms with Crippen LogP contribution in [0.25, 0.3) is 0 Å². The molecular formula is C13H18N2O5. The van der Waals surface area contributed by atoms with Crippen LogP contribution in [0.1, 0.15) is 30.6 Å². The highest BCUT2D eigenvalue weighted by molar-refractivity contribution is 5.93. The molecule has 0 aliphatic carbocycles. The number of aliphatic hydroxyl groups excluding tert-OH is 1. The lowest BCUT2D eigenvalue weighted by Crippen LogP contribution is -2.21. The number of aliphatic hydroxyl groups is 1. The molecule has 0 aromatic heterocycles. The summed E-state index contributed by atoms with van der Waals surface area (Å²) in [5.74, 6) is -1.01. The molecule has 0 aliphatic heterocycles. The van der Waals surface area contributed by atoms with Crippen LogP contribution in [-0.4, -0.2) is 33.8 Å². The number of carboxylic acids is 1. The number of carbonyl (C=O) groups is 1. The number of anilines is 1. The minimum Gasteiger partial charge on any atom is -0.477 e. The van der Waals surface area contributed by atoms with Gasteiger partial charge < -0.3 is 15.5 Å². The predicted octanol–water partition coefficient (Wildman–Crippen LogP) is 2.11. The first kappa shape index (κ1) is 15.9. The third-order valence-electron chi connectivity index (χ3n) is 2.71. The maximum absolute atomic E-state index is 11.0. The van der Waals surface area contributed by atoms with Crippen molar-refractivity contribution in [3.63, 3.8) is 0 Å². The van der Waals surface area contributed by atoms with Crippen LogP contribution in [0.4, 0.5) is 11.4 Å². The molecule has 110 valence electrons. The normalized spacial score (nSPS) is 12.2. The van der Waals surface area contributed by atoms with Crippen molar-refractivity contribution >= 4 is 17.3 Å². The maximum atomic E-state index is 11.0. The van der Waals surface area contributed by atoms with E-state index in [0.29, 0.717) is 18.0 Å². The third-order valence-corrected chi connectivity index (χ3v) is 2.71. The summed E-state index contributed by atoms with van der Waals surface area (Å²) in [7, 11) is 0. The fourth-order valence-corrected chi connectivity index (χ4v) is 1.84. The molecule has 1 atom stereocenters. The second-order valence-corrected chi connectivity index (χ2v) is 4.96. The van der Waals surface area contributed by atoms with Gasteiger partial charge in [0.15, 0.2) is 0 Å². The summed E-state index contributed by atoms with van der Waals surface area (Å²) in [6, 6.07) is 3.76. The summed E-state index contributed by atoms with van der Waals surface area (Å²) in [4.78, 5) is 21.0. The average molecular weight is 282 g/mol. The molecule has 7 heteroatoms. The number of hydrogen-bond acceptors (Lipinski definition) is 5. The van der Waals surface area contributed by atoms with E-state index in [9.17, 15) is 20.0 Å². The van der Waals surface area contributed by atoms with Crippen molar-refractivity contribution < 1.29 is 19.9 Å².